The summed E-state index contributed by atoms with van der Waals surface area (Å²) in [6.45, 7) is 4.66. The number of rotatable bonds is 5. The summed E-state index contributed by atoms with van der Waals surface area (Å²) < 4.78 is 13.9. The summed E-state index contributed by atoms with van der Waals surface area (Å²) in [4.78, 5) is 21.6. The molecule has 0 saturated carbocycles. The molecule has 0 rings (SSSR count). The molecule has 0 aromatic rings. The van der Waals surface area contributed by atoms with E-state index in [-0.39, 0.29) is 11.4 Å². The van der Waals surface area contributed by atoms with Gasteiger partial charge in [-0.1, -0.05) is 22.0 Å². The minimum atomic E-state index is -4.64. The Morgan fingerprint density at radius 2 is 1.93 bits per heavy atom. The van der Waals surface area contributed by atoms with Crippen molar-refractivity contribution in [3.8, 4) is 0 Å². The van der Waals surface area contributed by atoms with Gasteiger partial charge in [0.2, 0.25) is 0 Å². The summed E-state index contributed by atoms with van der Waals surface area (Å²) in [6, 6.07) is 0. The number of hydrogen-bond acceptors (Lipinski definition) is 3. The van der Waals surface area contributed by atoms with Gasteiger partial charge in [0.1, 0.15) is 0 Å². The number of ether oxygens (including phenoxy) is 1. The fraction of sp³-hybridized carbons (Fsp3) is 0.667. The van der Waals surface area contributed by atoms with Crippen LogP contribution in [0.2, 0.25) is 0 Å². The minimum Gasteiger partial charge on any atom is -0.395 e. The van der Waals surface area contributed by atoms with E-state index >= 15 is 0 Å². The van der Waals surface area contributed by atoms with Crippen LogP contribution < -0.4 is 0 Å². The van der Waals surface area contributed by atoms with Gasteiger partial charge in [-0.3, -0.25) is 0 Å². The first-order valence-electron chi connectivity index (χ1n) is 3.53. The fourth-order valence-electron chi connectivity index (χ4n) is 0.332. The van der Waals surface area contributed by atoms with Gasteiger partial charge >= 0.3 is 7.82 Å². The maximum Gasteiger partial charge on any atom is 0.466 e. The van der Waals surface area contributed by atoms with E-state index in [1.807, 2.05) is 0 Å². The van der Waals surface area contributed by atoms with Crippen molar-refractivity contribution < 1.29 is 29.1 Å². The lowest BCUT2D eigenvalue weighted by atomic mass is 10.5. The van der Waals surface area contributed by atoms with Crippen LogP contribution in [-0.4, -0.2) is 44.4 Å². The number of aliphatic hydroxyl groups is 1. The second-order valence-electron chi connectivity index (χ2n) is 2.12. The molecule has 0 spiro atoms. The van der Waals surface area contributed by atoms with Crippen molar-refractivity contribution in [3.63, 3.8) is 0 Å². The van der Waals surface area contributed by atoms with Gasteiger partial charge in [-0.25, -0.2) is 4.57 Å². The molecule has 0 aliphatic carbocycles. The summed E-state index contributed by atoms with van der Waals surface area (Å²) in [5.41, 5.74) is 0. The van der Waals surface area contributed by atoms with Crippen molar-refractivity contribution in [1.29, 1.82) is 0 Å². The van der Waals surface area contributed by atoms with Crippen molar-refractivity contribution in [2.45, 2.75) is 4.83 Å². The average Bonchev–Trinajstić information content (AvgIpc) is 2.01. The van der Waals surface area contributed by atoms with Gasteiger partial charge in [-0.15, -0.1) is 6.58 Å². The highest BCUT2D eigenvalue weighted by molar-refractivity contribution is 9.09. The van der Waals surface area contributed by atoms with Gasteiger partial charge in [0.05, 0.1) is 24.6 Å². The van der Waals surface area contributed by atoms with Gasteiger partial charge in [0.15, 0.2) is 0 Å². The molecule has 0 aromatic carbocycles. The zero-order valence-electron chi connectivity index (χ0n) is 7.41. The van der Waals surface area contributed by atoms with E-state index in [9.17, 15) is 0 Å². The van der Waals surface area contributed by atoms with E-state index in [2.05, 4.69) is 22.5 Å². The smallest absolute Gasteiger partial charge is 0.395 e. The van der Waals surface area contributed by atoms with Crippen LogP contribution >= 0.6 is 23.8 Å². The molecule has 0 aliphatic rings. The molecule has 0 aliphatic heterocycles. The van der Waals surface area contributed by atoms with Gasteiger partial charge in [0.25, 0.3) is 0 Å². The molecule has 0 bridgehead atoms. The molecular formula is C6H14BrO6P. The maximum absolute atomic E-state index is 8.88. The Bertz CT molecular complexity index is 173. The van der Waals surface area contributed by atoms with Crippen LogP contribution in [0, 0.1) is 0 Å². The van der Waals surface area contributed by atoms with E-state index in [4.69, 9.17) is 29.1 Å². The van der Waals surface area contributed by atoms with Crippen LogP contribution in [-0.2, 0) is 9.30 Å². The zero-order chi connectivity index (χ0) is 11.6. The molecule has 8 heteroatoms. The number of phosphoric acid groups is 1. The molecule has 0 amide bonds. The van der Waals surface area contributed by atoms with Crippen molar-refractivity contribution in [2.75, 3.05) is 19.8 Å². The predicted octanol–water partition coefficient (Wildman–Crippen LogP) is 0.0162. The second kappa shape index (κ2) is 9.79. The normalized spacial score (nSPS) is 12.6. The van der Waals surface area contributed by atoms with E-state index in [0.717, 1.165) is 0 Å². The third kappa shape index (κ3) is 29.5. The van der Waals surface area contributed by atoms with Crippen LogP contribution in [0.3, 0.4) is 0 Å². The standard InChI is InChI=1S/C6H11BrO2.H3O4P/c1-2-3-9-5-6(7)4-8;1-5(2,3)4/h2,6,8H,1,3-5H2;(H3,1,2,3,4). The lowest BCUT2D eigenvalue weighted by Gasteiger charge is -2.03. The third-order valence-electron chi connectivity index (χ3n) is 0.733. The molecule has 6 nitrogen and oxygen atoms in total. The minimum absolute atomic E-state index is 0.0532. The summed E-state index contributed by atoms with van der Waals surface area (Å²) >= 11 is 3.20. The number of alkyl halides is 1. The Labute approximate surface area is 90.6 Å². The quantitative estimate of drug-likeness (QED) is 0.246. The highest BCUT2D eigenvalue weighted by Crippen LogP contribution is 2.25. The highest BCUT2D eigenvalue weighted by atomic mass is 79.9. The van der Waals surface area contributed by atoms with Crippen molar-refractivity contribution in [1.82, 2.24) is 0 Å². The van der Waals surface area contributed by atoms with Gasteiger partial charge in [-0.2, -0.15) is 0 Å². The largest absolute Gasteiger partial charge is 0.466 e. The van der Waals surface area contributed by atoms with Crippen molar-refractivity contribution >= 4 is 23.8 Å². The van der Waals surface area contributed by atoms with Gasteiger partial charge in [0, 0.05) is 0 Å². The summed E-state index contributed by atoms with van der Waals surface area (Å²) in [6.07, 6.45) is 1.68. The molecule has 86 valence electrons. The summed E-state index contributed by atoms with van der Waals surface area (Å²) in [7, 11) is -4.64. The SMILES string of the molecule is C=CCOCC(Br)CO.O=P(O)(O)O. The van der Waals surface area contributed by atoms with E-state index in [0.29, 0.717) is 13.2 Å². The van der Waals surface area contributed by atoms with E-state index < -0.39 is 7.82 Å². The molecule has 0 aromatic heterocycles. The Kier molecular flexibility index (Phi) is 11.7. The van der Waals surface area contributed by atoms with Gasteiger partial charge in [-0.05, 0) is 0 Å². The van der Waals surface area contributed by atoms with Crippen LogP contribution in [0.15, 0.2) is 12.7 Å². The molecule has 0 heterocycles. The third-order valence-corrected chi connectivity index (χ3v) is 1.29. The van der Waals surface area contributed by atoms with Gasteiger partial charge < -0.3 is 24.5 Å². The van der Waals surface area contributed by atoms with Crippen LogP contribution in [0.1, 0.15) is 0 Å². The first-order chi connectivity index (χ1) is 6.31. The highest BCUT2D eigenvalue weighted by Gasteiger charge is 2.00. The zero-order valence-corrected chi connectivity index (χ0v) is 9.89. The number of halogens is 1. The summed E-state index contributed by atoms with van der Waals surface area (Å²) in [5.74, 6) is 0. The Hall–Kier alpha value is 0.250. The Morgan fingerprint density at radius 1 is 1.50 bits per heavy atom. The van der Waals surface area contributed by atoms with E-state index in [1.54, 1.807) is 6.08 Å². The maximum atomic E-state index is 8.88. The first-order valence-corrected chi connectivity index (χ1v) is 6.01. The Balaban J connectivity index is 0. The second-order valence-corrected chi connectivity index (χ2v) is 4.44. The predicted molar refractivity (Wildman–Crippen MR) is 55.1 cm³/mol. The molecule has 0 radical (unpaired) electrons. The monoisotopic (exact) mass is 292 g/mol. The topological polar surface area (TPSA) is 107 Å². The molecule has 1 unspecified atom stereocenters. The lowest BCUT2D eigenvalue weighted by molar-refractivity contribution is 0.145. The molecular weight excluding hydrogens is 279 g/mol. The Morgan fingerprint density at radius 3 is 2.21 bits per heavy atom. The van der Waals surface area contributed by atoms with Crippen molar-refractivity contribution in [3.05, 3.63) is 12.7 Å². The molecule has 14 heavy (non-hydrogen) atoms. The molecule has 1 atom stereocenters. The summed E-state index contributed by atoms with van der Waals surface area (Å²) in [5, 5.41) is 8.48. The van der Waals surface area contributed by atoms with Crippen LogP contribution in [0.5, 0.6) is 0 Å². The van der Waals surface area contributed by atoms with E-state index in [1.165, 1.54) is 0 Å². The first kappa shape index (κ1) is 16.7. The van der Waals surface area contributed by atoms with Crippen molar-refractivity contribution in [2.24, 2.45) is 0 Å². The molecule has 0 fully saturated rings. The van der Waals surface area contributed by atoms with Crippen LogP contribution in [0.25, 0.3) is 0 Å². The number of aliphatic hydroxyl groups excluding tert-OH is 1. The average molecular weight is 293 g/mol. The number of hydrogen-bond donors (Lipinski definition) is 4. The fourth-order valence-corrected chi connectivity index (χ4v) is 0.519. The lowest BCUT2D eigenvalue weighted by Crippen LogP contribution is -2.12. The molecule has 4 N–H and O–H groups in total. The molecule has 0 saturated heterocycles. The van der Waals surface area contributed by atoms with Crippen LogP contribution in [0.4, 0.5) is 0 Å².